The molecule has 0 spiro atoms. The number of nitrogens with zero attached hydrogens (tertiary/aromatic N) is 1. The van der Waals surface area contributed by atoms with E-state index in [0.29, 0.717) is 4.47 Å². The standard InChI is InChI=1S/C8H6BrF2NO2/c9-4-1-2-5(8(10)11)12-6(4)3-7(13)14/h1-2,8H,3H2,(H,13,14). The highest BCUT2D eigenvalue weighted by Gasteiger charge is 2.13. The number of carboxylic acids is 1. The van der Waals surface area contributed by atoms with E-state index in [1.54, 1.807) is 0 Å². The maximum atomic E-state index is 12.2. The van der Waals surface area contributed by atoms with Gasteiger partial charge < -0.3 is 5.11 Å². The van der Waals surface area contributed by atoms with Crippen LogP contribution in [-0.2, 0) is 11.2 Å². The highest BCUT2D eigenvalue weighted by Crippen LogP contribution is 2.21. The number of rotatable bonds is 3. The van der Waals surface area contributed by atoms with Gasteiger partial charge in [-0.25, -0.2) is 8.78 Å². The molecule has 0 aliphatic carbocycles. The van der Waals surface area contributed by atoms with Crippen molar-refractivity contribution in [3.8, 4) is 0 Å². The lowest BCUT2D eigenvalue weighted by atomic mass is 10.2. The van der Waals surface area contributed by atoms with Gasteiger partial charge in [0.05, 0.1) is 12.1 Å². The topological polar surface area (TPSA) is 50.2 Å². The molecule has 76 valence electrons. The minimum Gasteiger partial charge on any atom is -0.481 e. The number of aliphatic carboxylic acids is 1. The molecule has 3 nitrogen and oxygen atoms in total. The third-order valence-corrected chi connectivity index (χ3v) is 2.20. The number of aromatic nitrogens is 1. The second-order valence-electron chi connectivity index (χ2n) is 2.54. The minimum atomic E-state index is -2.68. The van der Waals surface area contributed by atoms with E-state index in [-0.39, 0.29) is 12.1 Å². The molecule has 0 fully saturated rings. The van der Waals surface area contributed by atoms with Crippen LogP contribution in [0, 0.1) is 0 Å². The summed E-state index contributed by atoms with van der Waals surface area (Å²) < 4.78 is 24.8. The van der Waals surface area contributed by atoms with E-state index in [9.17, 15) is 13.6 Å². The number of carbonyl (C=O) groups is 1. The number of carboxylic acid groups (broad SMARTS) is 1. The average molecular weight is 266 g/mol. The van der Waals surface area contributed by atoms with Gasteiger partial charge in [0.1, 0.15) is 5.69 Å². The molecule has 0 aliphatic rings. The fourth-order valence-corrected chi connectivity index (χ4v) is 1.25. The summed E-state index contributed by atoms with van der Waals surface area (Å²) >= 11 is 3.04. The quantitative estimate of drug-likeness (QED) is 0.913. The predicted molar refractivity (Wildman–Crippen MR) is 48.2 cm³/mol. The first kappa shape index (κ1) is 11.0. The Morgan fingerprint density at radius 1 is 1.57 bits per heavy atom. The van der Waals surface area contributed by atoms with Crippen molar-refractivity contribution in [1.82, 2.24) is 4.98 Å². The average Bonchev–Trinajstić information content (AvgIpc) is 2.07. The Labute approximate surface area is 86.9 Å². The van der Waals surface area contributed by atoms with Gasteiger partial charge in [-0.1, -0.05) is 0 Å². The number of pyridine rings is 1. The zero-order valence-electron chi connectivity index (χ0n) is 6.88. The molecule has 1 rings (SSSR count). The molecule has 0 atom stereocenters. The maximum absolute atomic E-state index is 12.2. The van der Waals surface area contributed by atoms with Crippen LogP contribution in [0.1, 0.15) is 17.8 Å². The summed E-state index contributed by atoms with van der Waals surface area (Å²) in [5.74, 6) is -1.11. The van der Waals surface area contributed by atoms with Gasteiger partial charge in [-0.05, 0) is 28.1 Å². The van der Waals surface area contributed by atoms with Crippen LogP contribution in [0.2, 0.25) is 0 Å². The highest BCUT2D eigenvalue weighted by atomic mass is 79.9. The normalized spacial score (nSPS) is 10.6. The van der Waals surface area contributed by atoms with Crippen molar-refractivity contribution in [3.63, 3.8) is 0 Å². The number of hydrogen-bond acceptors (Lipinski definition) is 2. The summed E-state index contributed by atoms with van der Waals surface area (Å²) in [6, 6.07) is 2.52. The first-order valence-corrected chi connectivity index (χ1v) is 4.45. The van der Waals surface area contributed by atoms with E-state index in [4.69, 9.17) is 5.11 Å². The van der Waals surface area contributed by atoms with Crippen molar-refractivity contribution in [1.29, 1.82) is 0 Å². The van der Waals surface area contributed by atoms with E-state index in [0.717, 1.165) is 6.07 Å². The monoisotopic (exact) mass is 265 g/mol. The zero-order chi connectivity index (χ0) is 10.7. The molecule has 1 aromatic rings. The van der Waals surface area contributed by atoms with Crippen molar-refractivity contribution in [2.45, 2.75) is 12.8 Å². The third-order valence-electron chi connectivity index (χ3n) is 1.48. The summed E-state index contributed by atoms with van der Waals surface area (Å²) in [6.45, 7) is 0. The maximum Gasteiger partial charge on any atom is 0.309 e. The molecule has 6 heteroatoms. The smallest absolute Gasteiger partial charge is 0.309 e. The summed E-state index contributed by atoms with van der Waals surface area (Å²) in [4.78, 5) is 13.9. The molecular weight excluding hydrogens is 260 g/mol. The Morgan fingerprint density at radius 2 is 2.21 bits per heavy atom. The molecule has 0 saturated carbocycles. The van der Waals surface area contributed by atoms with Crippen LogP contribution in [0.5, 0.6) is 0 Å². The van der Waals surface area contributed by atoms with Gasteiger partial charge in [0, 0.05) is 4.47 Å². The Morgan fingerprint density at radius 3 is 2.71 bits per heavy atom. The lowest BCUT2D eigenvalue weighted by molar-refractivity contribution is -0.136. The van der Waals surface area contributed by atoms with Gasteiger partial charge in [-0.15, -0.1) is 0 Å². The molecule has 1 heterocycles. The van der Waals surface area contributed by atoms with Gasteiger partial charge in [0.15, 0.2) is 0 Å². The molecule has 0 bridgehead atoms. The van der Waals surface area contributed by atoms with Crippen molar-refractivity contribution < 1.29 is 18.7 Å². The molecule has 0 saturated heterocycles. The van der Waals surface area contributed by atoms with E-state index < -0.39 is 18.1 Å². The fraction of sp³-hybridized carbons (Fsp3) is 0.250. The molecule has 0 amide bonds. The Balaban J connectivity index is 3.02. The second-order valence-corrected chi connectivity index (χ2v) is 3.39. The molecule has 0 unspecified atom stereocenters. The van der Waals surface area contributed by atoms with Gasteiger partial charge in [0.2, 0.25) is 0 Å². The van der Waals surface area contributed by atoms with Crippen molar-refractivity contribution in [3.05, 3.63) is 28.0 Å². The van der Waals surface area contributed by atoms with E-state index in [2.05, 4.69) is 20.9 Å². The molecule has 0 radical (unpaired) electrons. The summed E-state index contributed by atoms with van der Waals surface area (Å²) in [7, 11) is 0. The van der Waals surface area contributed by atoms with Crippen LogP contribution < -0.4 is 0 Å². The second kappa shape index (κ2) is 4.45. The summed E-state index contributed by atoms with van der Waals surface area (Å²) in [5.41, 5.74) is -0.306. The molecule has 14 heavy (non-hydrogen) atoms. The van der Waals surface area contributed by atoms with Gasteiger partial charge in [0.25, 0.3) is 6.43 Å². The Bertz CT molecular complexity index is 357. The first-order chi connectivity index (χ1) is 6.50. The highest BCUT2D eigenvalue weighted by molar-refractivity contribution is 9.10. The zero-order valence-corrected chi connectivity index (χ0v) is 8.46. The van der Waals surface area contributed by atoms with Crippen LogP contribution in [0.3, 0.4) is 0 Å². The van der Waals surface area contributed by atoms with Crippen LogP contribution in [0.25, 0.3) is 0 Å². The molecule has 0 aromatic carbocycles. The van der Waals surface area contributed by atoms with Gasteiger partial charge in [-0.3, -0.25) is 9.78 Å². The van der Waals surface area contributed by atoms with Crippen molar-refractivity contribution in [2.75, 3.05) is 0 Å². The lowest BCUT2D eigenvalue weighted by Gasteiger charge is -2.03. The molecule has 1 N–H and O–H groups in total. The molecular formula is C8H6BrF2NO2. The van der Waals surface area contributed by atoms with Gasteiger partial charge in [-0.2, -0.15) is 0 Å². The molecule has 1 aromatic heterocycles. The Hall–Kier alpha value is -1.04. The SMILES string of the molecule is O=C(O)Cc1nc(C(F)F)ccc1Br. The number of hydrogen-bond donors (Lipinski definition) is 1. The predicted octanol–water partition coefficient (Wildman–Crippen LogP) is 2.41. The largest absolute Gasteiger partial charge is 0.481 e. The molecule has 0 aliphatic heterocycles. The lowest BCUT2D eigenvalue weighted by Crippen LogP contribution is -2.05. The first-order valence-electron chi connectivity index (χ1n) is 3.66. The number of alkyl halides is 2. The van der Waals surface area contributed by atoms with Crippen LogP contribution in [0.15, 0.2) is 16.6 Å². The third kappa shape index (κ3) is 2.73. The number of halogens is 3. The van der Waals surface area contributed by atoms with Crippen molar-refractivity contribution in [2.24, 2.45) is 0 Å². The van der Waals surface area contributed by atoms with Crippen LogP contribution in [0.4, 0.5) is 8.78 Å². The fourth-order valence-electron chi connectivity index (χ4n) is 0.890. The van der Waals surface area contributed by atoms with E-state index in [1.165, 1.54) is 6.07 Å². The Kier molecular flexibility index (Phi) is 3.51. The van der Waals surface area contributed by atoms with Crippen molar-refractivity contribution >= 4 is 21.9 Å². The summed E-state index contributed by atoms with van der Waals surface area (Å²) in [5, 5.41) is 8.47. The minimum absolute atomic E-state index is 0.107. The van der Waals surface area contributed by atoms with Crippen LogP contribution >= 0.6 is 15.9 Å². The van der Waals surface area contributed by atoms with Crippen LogP contribution in [-0.4, -0.2) is 16.1 Å². The summed E-state index contributed by atoms with van der Waals surface area (Å²) in [6.07, 6.45) is -3.06. The van der Waals surface area contributed by atoms with Gasteiger partial charge >= 0.3 is 5.97 Å². The van der Waals surface area contributed by atoms with E-state index in [1.807, 2.05) is 0 Å². The van der Waals surface area contributed by atoms with E-state index >= 15 is 0 Å².